The van der Waals surface area contributed by atoms with Crippen molar-refractivity contribution in [3.8, 4) is 11.5 Å². The van der Waals surface area contributed by atoms with Crippen molar-refractivity contribution in [2.45, 2.75) is 31.4 Å². The maximum absolute atomic E-state index is 12.7. The minimum atomic E-state index is -2.78. The van der Waals surface area contributed by atoms with Crippen LogP contribution in [0.25, 0.3) is 17.2 Å². The summed E-state index contributed by atoms with van der Waals surface area (Å²) in [5.41, 5.74) is 11.3. The predicted octanol–water partition coefficient (Wildman–Crippen LogP) is 5.53. The van der Waals surface area contributed by atoms with E-state index >= 15 is 0 Å². The van der Waals surface area contributed by atoms with Crippen molar-refractivity contribution in [1.82, 2.24) is 15.2 Å². The van der Waals surface area contributed by atoms with Crippen molar-refractivity contribution in [3.63, 3.8) is 0 Å². The topological polar surface area (TPSA) is 90.2 Å². The first-order chi connectivity index (χ1) is 14.5. The zero-order valence-corrected chi connectivity index (χ0v) is 17.1. The molecule has 3 aromatic rings. The van der Waals surface area contributed by atoms with Crippen molar-refractivity contribution in [2.24, 2.45) is 4.99 Å². The van der Waals surface area contributed by atoms with E-state index in [0.717, 1.165) is 24.1 Å². The monoisotopic (exact) mass is 429 g/mol. The Hall–Kier alpha value is -3.07. The van der Waals surface area contributed by atoms with Gasteiger partial charge in [-0.25, -0.2) is 4.98 Å². The first kappa shape index (κ1) is 20.2. The quantitative estimate of drug-likeness (QED) is 0.482. The molecule has 1 unspecified atom stereocenters. The predicted molar refractivity (Wildman–Crippen MR) is 116 cm³/mol. The maximum atomic E-state index is 12.7. The molecule has 0 bridgehead atoms. The molecule has 3 heterocycles. The van der Waals surface area contributed by atoms with E-state index in [4.69, 9.17) is 10.2 Å². The molecule has 0 fully saturated rings. The summed E-state index contributed by atoms with van der Waals surface area (Å²) in [6.45, 7) is 2.16. The smallest absolute Gasteiger partial charge is 0.314 e. The number of thiol groups is 1. The van der Waals surface area contributed by atoms with E-state index in [1.165, 1.54) is 5.56 Å². The fourth-order valence-electron chi connectivity index (χ4n) is 3.26. The molecule has 0 saturated heterocycles. The summed E-state index contributed by atoms with van der Waals surface area (Å²) in [7, 11) is -0.593. The maximum Gasteiger partial charge on any atom is 0.314 e. The molecule has 9 heteroatoms. The number of hydrogen-bond acceptors (Lipinski definition) is 6. The molecule has 2 atom stereocenters. The second-order valence-electron chi connectivity index (χ2n) is 6.85. The average Bonchev–Trinajstić information content (AvgIpc) is 3.43. The molecule has 1 aliphatic heterocycles. The van der Waals surface area contributed by atoms with Crippen LogP contribution in [0, 0.1) is 0 Å². The van der Waals surface area contributed by atoms with Gasteiger partial charge < -0.3 is 10.2 Å². The summed E-state index contributed by atoms with van der Waals surface area (Å²) >= 11 is 0. The van der Waals surface area contributed by atoms with Crippen molar-refractivity contribution in [2.75, 3.05) is 5.73 Å². The molecule has 0 spiro atoms. The number of halogens is 2. The number of aliphatic imine (C=N–C) groups is 1. The number of anilines is 1. The number of nitrogens with zero attached hydrogens (tertiary/aromatic N) is 4. The SMILES string of the molecule is CCC[C@@H](c1ccc(-c2nnc(C(F)F)o2)cc1)[SH]1C=NC(c2ccc(N)nc2)=C1. The highest BCUT2D eigenvalue weighted by atomic mass is 32.2. The number of nitrogen functional groups attached to an aromatic ring is 1. The van der Waals surface area contributed by atoms with Crippen LogP contribution in [-0.2, 0) is 0 Å². The number of nitrogens with two attached hydrogens (primary N) is 1. The van der Waals surface area contributed by atoms with Crippen LogP contribution >= 0.6 is 10.9 Å². The molecular formula is C21H21F2N5OS. The van der Waals surface area contributed by atoms with Gasteiger partial charge in [0.15, 0.2) is 0 Å². The molecule has 1 aliphatic rings. The summed E-state index contributed by atoms with van der Waals surface area (Å²) < 4.78 is 30.4. The van der Waals surface area contributed by atoms with Crippen LogP contribution in [0.3, 0.4) is 0 Å². The van der Waals surface area contributed by atoms with Gasteiger partial charge in [-0.05, 0) is 41.7 Å². The Balaban J connectivity index is 1.55. The summed E-state index contributed by atoms with van der Waals surface area (Å²) in [5.74, 6) is -0.0945. The second kappa shape index (κ2) is 8.74. The van der Waals surface area contributed by atoms with Gasteiger partial charge in [0, 0.05) is 28.1 Å². The van der Waals surface area contributed by atoms with Crippen LogP contribution in [0.5, 0.6) is 0 Å². The number of rotatable bonds is 7. The molecule has 156 valence electrons. The number of alkyl halides is 2. The van der Waals surface area contributed by atoms with Gasteiger partial charge in [-0.15, -0.1) is 10.2 Å². The van der Waals surface area contributed by atoms with Crippen LogP contribution in [0.4, 0.5) is 14.6 Å². The molecule has 2 N–H and O–H groups in total. The fraction of sp³-hybridized carbons (Fsp3) is 0.238. The highest BCUT2D eigenvalue weighted by molar-refractivity contribution is 8.31. The number of aromatic nitrogens is 3. The molecule has 6 nitrogen and oxygen atoms in total. The van der Waals surface area contributed by atoms with Gasteiger partial charge in [0.1, 0.15) is 5.82 Å². The van der Waals surface area contributed by atoms with Crippen LogP contribution in [0.1, 0.15) is 48.5 Å². The fourth-order valence-corrected chi connectivity index (χ4v) is 5.50. The minimum absolute atomic E-state index is 0.0927. The molecular weight excluding hydrogens is 408 g/mol. The van der Waals surface area contributed by atoms with Gasteiger partial charge in [-0.3, -0.25) is 4.99 Å². The van der Waals surface area contributed by atoms with Gasteiger partial charge in [0.2, 0.25) is 5.89 Å². The second-order valence-corrected chi connectivity index (χ2v) is 8.86. The van der Waals surface area contributed by atoms with Gasteiger partial charge in [0.05, 0.1) is 5.70 Å². The summed E-state index contributed by atoms with van der Waals surface area (Å²) in [4.78, 5) is 8.75. The molecule has 0 radical (unpaired) electrons. The lowest BCUT2D eigenvalue weighted by Crippen LogP contribution is -1.98. The van der Waals surface area contributed by atoms with Crippen molar-refractivity contribution in [1.29, 1.82) is 0 Å². The third-order valence-corrected chi connectivity index (χ3v) is 6.98. The molecule has 4 rings (SSSR count). The molecule has 0 saturated carbocycles. The first-order valence-corrected chi connectivity index (χ1v) is 11.1. The number of pyridine rings is 1. The Kier molecular flexibility index (Phi) is 5.89. The van der Waals surface area contributed by atoms with E-state index in [0.29, 0.717) is 16.6 Å². The average molecular weight is 429 g/mol. The Morgan fingerprint density at radius 1 is 1.07 bits per heavy atom. The zero-order chi connectivity index (χ0) is 21.1. The highest BCUT2D eigenvalue weighted by Gasteiger charge is 2.22. The van der Waals surface area contributed by atoms with Crippen molar-refractivity contribution < 1.29 is 13.2 Å². The lowest BCUT2D eigenvalue weighted by molar-refractivity contribution is 0.116. The summed E-state index contributed by atoms with van der Waals surface area (Å²) in [5, 5.41) is 9.61. The van der Waals surface area contributed by atoms with Crippen LogP contribution < -0.4 is 5.73 Å². The molecule has 0 amide bonds. The summed E-state index contributed by atoms with van der Waals surface area (Å²) in [6.07, 6.45) is 1.00. The Labute approximate surface area is 175 Å². The molecule has 30 heavy (non-hydrogen) atoms. The molecule has 1 aromatic carbocycles. The van der Waals surface area contributed by atoms with Crippen LogP contribution in [0.2, 0.25) is 0 Å². The van der Waals surface area contributed by atoms with Gasteiger partial charge in [-0.2, -0.15) is 19.7 Å². The lowest BCUT2D eigenvalue weighted by atomic mass is 10.1. The van der Waals surface area contributed by atoms with Crippen molar-refractivity contribution in [3.05, 3.63) is 65.0 Å². The standard InChI is InChI=1S/C21H21F2N5OS/c1-2-3-17(30-11-16(26-12-30)15-8-9-18(24)25-10-15)13-4-6-14(7-5-13)20-27-28-21(29-20)19(22)23/h4-12,17,19,30H,2-3H2,1H3,(H2,24,25)/t17-/m0/s1. The van der Waals surface area contributed by atoms with Crippen LogP contribution in [-0.4, -0.2) is 20.7 Å². The van der Waals surface area contributed by atoms with Crippen molar-refractivity contribution >= 4 is 28.0 Å². The highest BCUT2D eigenvalue weighted by Crippen LogP contribution is 2.50. The first-order valence-electron chi connectivity index (χ1n) is 9.52. The van der Waals surface area contributed by atoms with E-state index in [-0.39, 0.29) is 5.89 Å². The van der Waals surface area contributed by atoms with E-state index < -0.39 is 23.2 Å². The third kappa shape index (κ3) is 4.25. The Bertz CT molecular complexity index is 1060. The third-order valence-electron chi connectivity index (χ3n) is 4.78. The van der Waals surface area contributed by atoms with E-state index in [2.05, 4.69) is 32.5 Å². The van der Waals surface area contributed by atoms with E-state index in [1.807, 2.05) is 35.9 Å². The number of hydrogen-bond donors (Lipinski definition) is 2. The number of benzene rings is 1. The summed E-state index contributed by atoms with van der Waals surface area (Å²) in [6, 6.07) is 11.3. The lowest BCUT2D eigenvalue weighted by Gasteiger charge is -2.23. The zero-order valence-electron chi connectivity index (χ0n) is 16.2. The normalized spacial score (nSPS) is 18.0. The minimum Gasteiger partial charge on any atom is -0.415 e. The van der Waals surface area contributed by atoms with E-state index in [1.54, 1.807) is 12.3 Å². The molecule has 2 aromatic heterocycles. The molecule has 0 aliphatic carbocycles. The van der Waals surface area contributed by atoms with Crippen LogP contribution in [0.15, 0.2) is 57.4 Å². The van der Waals surface area contributed by atoms with Gasteiger partial charge in [0.25, 0.3) is 5.89 Å². The van der Waals surface area contributed by atoms with Gasteiger partial charge in [-0.1, -0.05) is 25.5 Å². The Morgan fingerprint density at radius 2 is 1.83 bits per heavy atom. The van der Waals surface area contributed by atoms with E-state index in [9.17, 15) is 8.78 Å². The largest absolute Gasteiger partial charge is 0.415 e. The Morgan fingerprint density at radius 3 is 2.47 bits per heavy atom. The van der Waals surface area contributed by atoms with Gasteiger partial charge >= 0.3 is 6.43 Å².